The highest BCUT2D eigenvalue weighted by atomic mass is 16.5. The van der Waals surface area contributed by atoms with Gasteiger partial charge in [0.1, 0.15) is 17.5 Å². The molecule has 0 spiro atoms. The molecule has 140 valence electrons. The Kier molecular flexibility index (Phi) is 4.99. The molecule has 2 aromatic carbocycles. The number of nitrogens with zero attached hydrogens (tertiary/aromatic N) is 3. The molecule has 4 rings (SSSR count). The molecule has 2 aromatic heterocycles. The highest BCUT2D eigenvalue weighted by Crippen LogP contribution is 2.26. The second-order valence-corrected chi connectivity index (χ2v) is 6.19. The van der Waals surface area contributed by atoms with Gasteiger partial charge in [-0.15, -0.1) is 0 Å². The van der Waals surface area contributed by atoms with E-state index in [1.807, 2.05) is 54.6 Å². The van der Waals surface area contributed by atoms with E-state index in [1.165, 1.54) is 6.33 Å². The number of ether oxygens (including phenoxy) is 1. The Morgan fingerprint density at radius 2 is 2.00 bits per heavy atom. The normalized spacial score (nSPS) is 11.9. The lowest BCUT2D eigenvalue weighted by Gasteiger charge is -2.15. The number of amides is 1. The van der Waals surface area contributed by atoms with Crippen LogP contribution in [0.25, 0.3) is 10.9 Å². The van der Waals surface area contributed by atoms with Crippen molar-refractivity contribution in [1.29, 1.82) is 0 Å². The summed E-state index contributed by atoms with van der Waals surface area (Å²) < 4.78 is 7.40. The van der Waals surface area contributed by atoms with Crippen LogP contribution in [0.4, 0.5) is 5.69 Å². The summed E-state index contributed by atoms with van der Waals surface area (Å²) >= 11 is 0. The topological polar surface area (TPSA) is 89.3 Å². The first kappa shape index (κ1) is 17.7. The van der Waals surface area contributed by atoms with Crippen molar-refractivity contribution in [2.45, 2.75) is 6.04 Å². The molecule has 2 heterocycles. The van der Waals surface area contributed by atoms with E-state index in [0.717, 1.165) is 16.7 Å². The van der Waals surface area contributed by atoms with Gasteiger partial charge in [0, 0.05) is 17.8 Å². The molecule has 1 amide bonds. The van der Waals surface area contributed by atoms with E-state index in [0.29, 0.717) is 11.4 Å². The van der Waals surface area contributed by atoms with Crippen molar-refractivity contribution in [3.63, 3.8) is 0 Å². The predicted molar refractivity (Wildman–Crippen MR) is 105 cm³/mol. The molecule has 0 fully saturated rings. The molecule has 7 heteroatoms. The lowest BCUT2D eigenvalue weighted by molar-refractivity contribution is -0.120. The molecule has 0 saturated carbocycles. The average molecular weight is 374 g/mol. The molecule has 4 aromatic rings. The second-order valence-electron chi connectivity index (χ2n) is 6.19. The van der Waals surface area contributed by atoms with E-state index >= 15 is 0 Å². The van der Waals surface area contributed by atoms with E-state index in [-0.39, 0.29) is 12.5 Å². The lowest BCUT2D eigenvalue weighted by Crippen LogP contribution is -2.28. The zero-order valence-electron chi connectivity index (χ0n) is 14.9. The molecule has 7 nitrogen and oxygen atoms in total. The van der Waals surface area contributed by atoms with Crippen molar-refractivity contribution in [2.24, 2.45) is 0 Å². The molecule has 0 aliphatic heterocycles. The van der Waals surface area contributed by atoms with Gasteiger partial charge in [-0.05, 0) is 36.4 Å². The first-order valence-electron chi connectivity index (χ1n) is 8.75. The van der Waals surface area contributed by atoms with Crippen molar-refractivity contribution in [2.75, 3.05) is 11.9 Å². The quantitative estimate of drug-likeness (QED) is 0.540. The number of carbonyl (C=O) groups excluding carboxylic acids is 1. The first-order chi connectivity index (χ1) is 13.7. The fraction of sp³-hybridized carbons (Fsp3) is 0.0952. The second kappa shape index (κ2) is 7.89. The number of hydrogen-bond acceptors (Lipinski definition) is 5. The number of rotatable bonds is 6. The highest BCUT2D eigenvalue weighted by Gasteiger charge is 2.19. The van der Waals surface area contributed by atoms with Crippen LogP contribution < -0.4 is 10.1 Å². The zero-order valence-corrected chi connectivity index (χ0v) is 14.9. The van der Waals surface area contributed by atoms with Crippen molar-refractivity contribution >= 4 is 22.5 Å². The molecular weight excluding hydrogens is 356 g/mol. The smallest absolute Gasteiger partial charge is 0.249 e. The molecular formula is C21H18N4O3. The molecule has 0 unspecified atom stereocenters. The van der Waals surface area contributed by atoms with Crippen molar-refractivity contribution in [3.8, 4) is 11.5 Å². The summed E-state index contributed by atoms with van der Waals surface area (Å²) in [5.41, 5.74) is 1.32. The number of fused-ring (bicyclic) bond motifs is 1. The van der Waals surface area contributed by atoms with Crippen LogP contribution in [-0.2, 0) is 4.79 Å². The van der Waals surface area contributed by atoms with E-state index in [2.05, 4.69) is 15.3 Å². The number of pyridine rings is 1. The summed E-state index contributed by atoms with van der Waals surface area (Å²) in [6, 6.07) is 16.1. The molecule has 1 atom stereocenters. The van der Waals surface area contributed by atoms with Crippen LogP contribution in [0.3, 0.4) is 0 Å². The van der Waals surface area contributed by atoms with Crippen LogP contribution in [0, 0.1) is 0 Å². The van der Waals surface area contributed by atoms with Gasteiger partial charge in [0.05, 0.1) is 30.3 Å². The predicted octanol–water partition coefficient (Wildman–Crippen LogP) is 3.40. The molecule has 0 saturated heterocycles. The Hall–Kier alpha value is -3.71. The number of benzene rings is 2. The molecule has 0 radical (unpaired) electrons. The molecule has 2 N–H and O–H groups in total. The molecule has 28 heavy (non-hydrogen) atoms. The maximum absolute atomic E-state index is 12.5. The fourth-order valence-corrected chi connectivity index (χ4v) is 2.86. The Balaban J connectivity index is 1.55. The van der Waals surface area contributed by atoms with E-state index in [4.69, 9.17) is 4.74 Å². The fourth-order valence-electron chi connectivity index (χ4n) is 2.86. The summed E-state index contributed by atoms with van der Waals surface area (Å²) in [7, 11) is 0. The van der Waals surface area contributed by atoms with Crippen LogP contribution in [0.1, 0.15) is 6.04 Å². The largest absolute Gasteiger partial charge is 0.457 e. The number of anilines is 1. The number of para-hydroxylation sites is 1. The van der Waals surface area contributed by atoms with Gasteiger partial charge < -0.3 is 19.7 Å². The van der Waals surface area contributed by atoms with E-state index < -0.39 is 6.04 Å². The summed E-state index contributed by atoms with van der Waals surface area (Å²) in [6.45, 7) is -0.335. The minimum absolute atomic E-state index is 0.335. The summed E-state index contributed by atoms with van der Waals surface area (Å²) in [4.78, 5) is 20.8. The van der Waals surface area contributed by atoms with Gasteiger partial charge in [0.15, 0.2) is 0 Å². The summed E-state index contributed by atoms with van der Waals surface area (Å²) in [6.07, 6.45) is 6.26. The Labute approximate surface area is 161 Å². The van der Waals surface area contributed by atoms with Crippen LogP contribution in [-0.4, -0.2) is 32.2 Å². The summed E-state index contributed by atoms with van der Waals surface area (Å²) in [5, 5.41) is 13.2. The number of hydrogen-bond donors (Lipinski definition) is 2. The van der Waals surface area contributed by atoms with Gasteiger partial charge in [0.2, 0.25) is 5.91 Å². The van der Waals surface area contributed by atoms with E-state index in [9.17, 15) is 9.90 Å². The monoisotopic (exact) mass is 374 g/mol. The molecule has 0 aliphatic rings. The number of carbonyl (C=O) groups is 1. The zero-order chi connectivity index (χ0) is 19.3. The number of imidazole rings is 1. The number of aliphatic hydroxyl groups excluding tert-OH is 1. The lowest BCUT2D eigenvalue weighted by atomic mass is 10.2. The van der Waals surface area contributed by atoms with Gasteiger partial charge in [-0.25, -0.2) is 4.98 Å². The van der Waals surface area contributed by atoms with Crippen LogP contribution in [0.15, 0.2) is 79.5 Å². The number of aromatic nitrogens is 3. The number of nitrogens with one attached hydrogen (secondary N) is 1. The Morgan fingerprint density at radius 1 is 1.14 bits per heavy atom. The van der Waals surface area contributed by atoms with Crippen molar-refractivity contribution < 1.29 is 14.6 Å². The summed E-state index contributed by atoms with van der Waals surface area (Å²) in [5.74, 6) is 1.07. The minimum Gasteiger partial charge on any atom is -0.457 e. The third kappa shape index (κ3) is 3.84. The van der Waals surface area contributed by atoms with Gasteiger partial charge in [-0.2, -0.15) is 0 Å². The average Bonchev–Trinajstić information content (AvgIpc) is 3.23. The highest BCUT2D eigenvalue weighted by molar-refractivity contribution is 5.95. The van der Waals surface area contributed by atoms with E-state index in [1.54, 1.807) is 23.2 Å². The van der Waals surface area contributed by atoms with Crippen LogP contribution in [0.5, 0.6) is 11.5 Å². The number of aliphatic hydroxyl groups is 1. The van der Waals surface area contributed by atoms with Gasteiger partial charge in [-0.3, -0.25) is 9.78 Å². The SMILES string of the molecule is O=C(Nc1cnc2ccc(Oc3ccccc3)cc2c1)[C@H](CO)n1ccnc1. The maximum Gasteiger partial charge on any atom is 0.249 e. The molecule has 0 bridgehead atoms. The minimum atomic E-state index is -0.758. The third-order valence-electron chi connectivity index (χ3n) is 4.26. The maximum atomic E-state index is 12.5. The Bertz CT molecular complexity index is 1080. The first-order valence-corrected chi connectivity index (χ1v) is 8.75. The van der Waals surface area contributed by atoms with Gasteiger partial charge in [-0.1, -0.05) is 18.2 Å². The third-order valence-corrected chi connectivity index (χ3v) is 4.26. The van der Waals surface area contributed by atoms with Crippen molar-refractivity contribution in [1.82, 2.24) is 14.5 Å². The standard InChI is InChI=1S/C21H18N4O3/c26-13-20(25-9-8-22-14-25)21(27)24-16-10-15-11-18(6-7-19(15)23-12-16)28-17-4-2-1-3-5-17/h1-12,14,20,26H,13H2,(H,24,27)/t20-/m0/s1. The Morgan fingerprint density at radius 3 is 2.75 bits per heavy atom. The van der Waals surface area contributed by atoms with Gasteiger partial charge >= 0.3 is 0 Å². The van der Waals surface area contributed by atoms with Gasteiger partial charge in [0.25, 0.3) is 0 Å². The van der Waals surface area contributed by atoms with Crippen molar-refractivity contribution in [3.05, 3.63) is 79.5 Å². The van der Waals surface area contributed by atoms with Crippen LogP contribution >= 0.6 is 0 Å². The molecule has 0 aliphatic carbocycles. The van der Waals surface area contributed by atoms with Crippen LogP contribution in [0.2, 0.25) is 0 Å².